The number of aromatic nitrogens is 2. The number of imidazole rings is 1. The Morgan fingerprint density at radius 1 is 1.39 bits per heavy atom. The smallest absolute Gasteiger partial charge is 0.250 e. The second kappa shape index (κ2) is 6.60. The Hall–Kier alpha value is -2.93. The maximum absolute atomic E-state index is 15.2. The second-order valence-corrected chi connectivity index (χ2v) is 7.56. The fourth-order valence-electron chi connectivity index (χ4n) is 3.94. The van der Waals surface area contributed by atoms with Crippen molar-refractivity contribution in [3.8, 4) is 0 Å². The molecule has 1 amide bonds. The molecule has 2 N–H and O–H groups in total. The van der Waals surface area contributed by atoms with Crippen molar-refractivity contribution in [2.75, 3.05) is 14.1 Å². The van der Waals surface area contributed by atoms with E-state index in [1.54, 1.807) is 12.3 Å². The lowest BCUT2D eigenvalue weighted by Crippen LogP contribution is -2.34. The Morgan fingerprint density at radius 3 is 2.82 bits per heavy atom. The molecule has 0 radical (unpaired) electrons. The first-order valence-corrected chi connectivity index (χ1v) is 9.31. The third kappa shape index (κ3) is 3.01. The Morgan fingerprint density at radius 2 is 2.18 bits per heavy atom. The number of allylic oxidation sites excluding steroid dienone is 3. The zero-order chi connectivity index (χ0) is 20.1. The summed E-state index contributed by atoms with van der Waals surface area (Å²) < 4.78 is 17.2. The van der Waals surface area contributed by atoms with Crippen LogP contribution in [0.25, 0.3) is 16.8 Å². The summed E-state index contributed by atoms with van der Waals surface area (Å²) in [6.07, 6.45) is 9.37. The van der Waals surface area contributed by atoms with Gasteiger partial charge in [0.15, 0.2) is 0 Å². The minimum atomic E-state index is -1.74. The highest BCUT2D eigenvalue weighted by Gasteiger charge is 2.36. The number of nitrogens with one attached hydrogen (secondary N) is 2. The molecular formula is C21H24FN5O. The van der Waals surface area contributed by atoms with Gasteiger partial charge in [-0.25, -0.2) is 14.8 Å². The van der Waals surface area contributed by atoms with Gasteiger partial charge in [-0.05, 0) is 48.8 Å². The molecule has 146 valence electrons. The molecule has 28 heavy (non-hydrogen) atoms. The molecule has 2 atom stereocenters. The van der Waals surface area contributed by atoms with Gasteiger partial charge in [0.1, 0.15) is 11.3 Å². The molecule has 2 aromatic rings. The molecule has 0 saturated carbocycles. The molecule has 0 saturated heterocycles. The SMILES string of the molecule is CNC(=O)C1=CC=C(c2cnc3ccc(C4=CN(C)NC4C)cn23)C[C@@]1(C)F. The van der Waals surface area contributed by atoms with Crippen LogP contribution in [-0.4, -0.2) is 46.1 Å². The molecule has 0 bridgehead atoms. The maximum Gasteiger partial charge on any atom is 0.250 e. The van der Waals surface area contributed by atoms with E-state index in [1.165, 1.54) is 19.5 Å². The van der Waals surface area contributed by atoms with Gasteiger partial charge in [-0.1, -0.05) is 6.08 Å². The van der Waals surface area contributed by atoms with Crippen molar-refractivity contribution in [2.45, 2.75) is 32.0 Å². The maximum atomic E-state index is 15.2. The van der Waals surface area contributed by atoms with E-state index in [-0.39, 0.29) is 23.9 Å². The van der Waals surface area contributed by atoms with Crippen molar-refractivity contribution in [3.63, 3.8) is 0 Å². The van der Waals surface area contributed by atoms with Crippen LogP contribution in [0.2, 0.25) is 0 Å². The van der Waals surface area contributed by atoms with Gasteiger partial charge in [0.05, 0.1) is 23.5 Å². The van der Waals surface area contributed by atoms with Crippen molar-refractivity contribution in [1.29, 1.82) is 0 Å². The first-order valence-electron chi connectivity index (χ1n) is 9.31. The van der Waals surface area contributed by atoms with E-state index < -0.39 is 5.67 Å². The van der Waals surface area contributed by atoms with E-state index >= 15 is 4.39 Å². The lowest BCUT2D eigenvalue weighted by Gasteiger charge is -2.27. The number of fused-ring (bicyclic) bond motifs is 1. The molecule has 6 nitrogen and oxygen atoms in total. The number of pyridine rings is 1. The number of alkyl halides is 1. The van der Waals surface area contributed by atoms with E-state index in [4.69, 9.17) is 0 Å². The van der Waals surface area contributed by atoms with Crippen LogP contribution >= 0.6 is 0 Å². The molecule has 2 aromatic heterocycles. The standard InChI is InChI=1S/C21H24FN5O/c1-13-16(12-26(4)25-13)15-6-8-19-24-10-18(27(19)11-15)14-5-7-17(20(28)23-3)21(2,22)9-14/h5-8,10-13,25H,9H2,1-4H3,(H,23,28)/t13?,21-/m1/s1. The predicted molar refractivity (Wildman–Crippen MR) is 108 cm³/mol. The molecule has 1 aliphatic carbocycles. The Balaban J connectivity index is 1.77. The first-order chi connectivity index (χ1) is 13.3. The van der Waals surface area contributed by atoms with E-state index in [9.17, 15) is 4.79 Å². The Bertz CT molecular complexity index is 1050. The molecule has 7 heteroatoms. The molecule has 1 unspecified atom stereocenters. The topological polar surface area (TPSA) is 61.7 Å². The third-order valence-corrected chi connectivity index (χ3v) is 5.37. The predicted octanol–water partition coefficient (Wildman–Crippen LogP) is 2.70. The lowest BCUT2D eigenvalue weighted by molar-refractivity contribution is -0.118. The van der Waals surface area contributed by atoms with E-state index in [0.29, 0.717) is 0 Å². The van der Waals surface area contributed by atoms with Gasteiger partial charge in [0.25, 0.3) is 0 Å². The zero-order valence-electron chi connectivity index (χ0n) is 16.5. The summed E-state index contributed by atoms with van der Waals surface area (Å²) in [7, 11) is 3.48. The van der Waals surface area contributed by atoms with Crippen molar-refractivity contribution < 1.29 is 9.18 Å². The molecular weight excluding hydrogens is 357 g/mol. The monoisotopic (exact) mass is 381 g/mol. The number of hydrogen-bond donors (Lipinski definition) is 2. The van der Waals surface area contributed by atoms with Crippen LogP contribution in [0.5, 0.6) is 0 Å². The van der Waals surface area contributed by atoms with Crippen molar-refractivity contribution in [2.24, 2.45) is 0 Å². The quantitative estimate of drug-likeness (QED) is 0.858. The largest absolute Gasteiger partial charge is 0.355 e. The third-order valence-electron chi connectivity index (χ3n) is 5.37. The lowest BCUT2D eigenvalue weighted by atomic mass is 9.84. The normalized spacial score (nSPS) is 24.8. The van der Waals surface area contributed by atoms with E-state index in [2.05, 4.69) is 28.9 Å². The molecule has 4 rings (SSSR count). The number of carbonyl (C=O) groups excluding carboxylic acids is 1. The van der Waals surface area contributed by atoms with Crippen LogP contribution in [-0.2, 0) is 4.79 Å². The van der Waals surface area contributed by atoms with Gasteiger partial charge in [0.2, 0.25) is 5.91 Å². The average Bonchev–Trinajstić information content (AvgIpc) is 3.22. The first kappa shape index (κ1) is 18.4. The molecule has 3 heterocycles. The van der Waals surface area contributed by atoms with E-state index in [0.717, 1.165) is 22.5 Å². The summed E-state index contributed by atoms with van der Waals surface area (Å²) in [4.78, 5) is 16.4. The summed E-state index contributed by atoms with van der Waals surface area (Å²) in [6.45, 7) is 3.56. The van der Waals surface area contributed by atoms with Gasteiger partial charge < -0.3 is 10.3 Å². The fraction of sp³-hybridized carbons (Fsp3) is 0.333. The highest BCUT2D eigenvalue weighted by molar-refractivity contribution is 5.97. The summed E-state index contributed by atoms with van der Waals surface area (Å²) in [6, 6.07) is 4.22. The molecule has 1 aliphatic heterocycles. The minimum absolute atomic E-state index is 0.119. The number of nitrogens with zero attached hydrogens (tertiary/aromatic N) is 3. The fourth-order valence-corrected chi connectivity index (χ4v) is 3.94. The highest BCUT2D eigenvalue weighted by atomic mass is 19.1. The second-order valence-electron chi connectivity index (χ2n) is 7.56. The molecule has 2 aliphatic rings. The molecule has 0 fully saturated rings. The number of carbonyl (C=O) groups is 1. The van der Waals surface area contributed by atoms with Crippen LogP contribution in [0, 0.1) is 0 Å². The number of likely N-dealkylation sites (N-methyl/N-ethyl adjacent to an activating group) is 1. The van der Waals surface area contributed by atoms with E-state index in [1.807, 2.05) is 40.9 Å². The zero-order valence-corrected chi connectivity index (χ0v) is 16.5. The van der Waals surface area contributed by atoms with Gasteiger partial charge in [-0.3, -0.25) is 9.20 Å². The Kier molecular flexibility index (Phi) is 4.34. The van der Waals surface area contributed by atoms with Gasteiger partial charge in [-0.2, -0.15) is 0 Å². The van der Waals surface area contributed by atoms with Crippen molar-refractivity contribution in [1.82, 2.24) is 25.1 Å². The summed E-state index contributed by atoms with van der Waals surface area (Å²) in [5.41, 5.74) is 6.44. The van der Waals surface area contributed by atoms with Crippen LogP contribution in [0.3, 0.4) is 0 Å². The van der Waals surface area contributed by atoms with Gasteiger partial charge >= 0.3 is 0 Å². The highest BCUT2D eigenvalue weighted by Crippen LogP contribution is 2.37. The van der Waals surface area contributed by atoms with Crippen LogP contribution in [0.15, 0.2) is 48.5 Å². The number of halogens is 1. The van der Waals surface area contributed by atoms with Crippen molar-refractivity contribution >= 4 is 22.7 Å². The molecule has 0 aromatic carbocycles. The number of rotatable bonds is 3. The number of hydrogen-bond acceptors (Lipinski definition) is 4. The van der Waals surface area contributed by atoms with Crippen molar-refractivity contribution in [3.05, 3.63) is 59.7 Å². The average molecular weight is 381 g/mol. The molecule has 0 spiro atoms. The van der Waals surface area contributed by atoms with Gasteiger partial charge in [0, 0.05) is 32.9 Å². The van der Waals surface area contributed by atoms with Crippen LogP contribution < -0.4 is 10.7 Å². The van der Waals surface area contributed by atoms with Gasteiger partial charge in [-0.15, -0.1) is 0 Å². The van der Waals surface area contributed by atoms with Crippen LogP contribution in [0.1, 0.15) is 31.5 Å². The minimum Gasteiger partial charge on any atom is -0.355 e. The number of hydrazine groups is 1. The van der Waals surface area contributed by atoms with Crippen LogP contribution in [0.4, 0.5) is 4.39 Å². The Labute approximate surface area is 163 Å². The number of amides is 1. The summed E-state index contributed by atoms with van der Waals surface area (Å²) >= 11 is 0. The summed E-state index contributed by atoms with van der Waals surface area (Å²) in [5, 5.41) is 4.45. The summed E-state index contributed by atoms with van der Waals surface area (Å²) in [5.74, 6) is -0.389.